The molecule has 0 radical (unpaired) electrons. The molecule has 140 valence electrons. The third-order valence-electron chi connectivity index (χ3n) is 4.33. The Morgan fingerprint density at radius 3 is 2.56 bits per heavy atom. The summed E-state index contributed by atoms with van der Waals surface area (Å²) in [6, 6.07) is 7.68. The van der Waals surface area contributed by atoms with Crippen LogP contribution < -0.4 is 0 Å². The molecule has 0 aliphatic heterocycles. The second kappa shape index (κ2) is 7.19. The maximum Gasteiger partial charge on any atom is 0.355 e. The molecule has 7 heteroatoms. The fourth-order valence-electron chi connectivity index (χ4n) is 3.05. The highest BCUT2D eigenvalue weighted by Gasteiger charge is 2.25. The van der Waals surface area contributed by atoms with Crippen LogP contribution in [0, 0.1) is 20.8 Å². The number of carbonyl (C=O) groups is 2. The van der Waals surface area contributed by atoms with Gasteiger partial charge in [-0.1, -0.05) is 17.7 Å². The Hall–Kier alpha value is -3.22. The summed E-state index contributed by atoms with van der Waals surface area (Å²) in [5, 5.41) is 8.01. The Kier molecular flexibility index (Phi) is 4.94. The molecule has 1 aromatic carbocycles. The molecule has 3 aromatic rings. The van der Waals surface area contributed by atoms with Gasteiger partial charge < -0.3 is 14.1 Å². The van der Waals surface area contributed by atoms with Gasteiger partial charge in [0, 0.05) is 16.8 Å². The summed E-state index contributed by atoms with van der Waals surface area (Å²) in [5.41, 5.74) is 3.85. The zero-order valence-electron chi connectivity index (χ0n) is 15.9. The number of nitrogens with one attached hydrogen (secondary N) is 1. The first-order valence-corrected chi connectivity index (χ1v) is 8.59. The van der Waals surface area contributed by atoms with Crippen LogP contribution in [0.15, 0.2) is 28.7 Å². The zero-order valence-corrected chi connectivity index (χ0v) is 15.9. The highest BCUT2D eigenvalue weighted by molar-refractivity contribution is 6.01. The van der Waals surface area contributed by atoms with E-state index in [1.807, 2.05) is 31.2 Å². The molecule has 27 heavy (non-hydrogen) atoms. The quantitative estimate of drug-likeness (QED) is 0.538. The van der Waals surface area contributed by atoms with E-state index in [1.165, 1.54) is 6.92 Å². The lowest BCUT2D eigenvalue weighted by Crippen LogP contribution is -2.11. The fraction of sp³-hybridized carbons (Fsp3) is 0.300. The highest BCUT2D eigenvalue weighted by Crippen LogP contribution is 2.25. The highest BCUT2D eigenvalue weighted by atomic mass is 16.6. The number of hydrogen-bond acceptors (Lipinski definition) is 6. The fourth-order valence-corrected chi connectivity index (χ4v) is 3.05. The van der Waals surface area contributed by atoms with Gasteiger partial charge in [0.1, 0.15) is 5.69 Å². The van der Waals surface area contributed by atoms with E-state index in [0.717, 1.165) is 11.1 Å². The number of esters is 1. The number of H-pyrrole nitrogens is 1. The summed E-state index contributed by atoms with van der Waals surface area (Å²) in [4.78, 5) is 27.2. The molecule has 2 aromatic heterocycles. The molecule has 2 heterocycles. The molecule has 7 nitrogen and oxygen atoms in total. The van der Waals surface area contributed by atoms with E-state index in [4.69, 9.17) is 9.15 Å². The Morgan fingerprint density at radius 1 is 1.19 bits per heavy atom. The number of rotatable bonds is 5. The maximum absolute atomic E-state index is 12.5. The van der Waals surface area contributed by atoms with Crippen LogP contribution in [0.25, 0.3) is 11.5 Å². The van der Waals surface area contributed by atoms with Gasteiger partial charge in [-0.15, -0.1) is 10.2 Å². The lowest BCUT2D eigenvalue weighted by atomic mass is 10.1. The minimum absolute atomic E-state index is 0.104. The lowest BCUT2D eigenvalue weighted by molar-refractivity contribution is 0.0272. The van der Waals surface area contributed by atoms with Crippen molar-refractivity contribution in [2.24, 2.45) is 0 Å². The van der Waals surface area contributed by atoms with Crippen LogP contribution in [-0.2, 0) is 4.74 Å². The average molecular weight is 367 g/mol. The van der Waals surface area contributed by atoms with Crippen molar-refractivity contribution in [3.05, 3.63) is 58.2 Å². The molecule has 0 fully saturated rings. The van der Waals surface area contributed by atoms with Crippen molar-refractivity contribution in [3.63, 3.8) is 0 Å². The van der Waals surface area contributed by atoms with Gasteiger partial charge in [0.05, 0.1) is 0 Å². The average Bonchev–Trinajstić information content (AvgIpc) is 3.19. The van der Waals surface area contributed by atoms with Crippen LogP contribution in [-0.4, -0.2) is 26.9 Å². The molecule has 0 saturated heterocycles. The number of nitrogens with zero attached hydrogens (tertiary/aromatic N) is 2. The van der Waals surface area contributed by atoms with Gasteiger partial charge in [0.15, 0.2) is 11.9 Å². The second-order valence-corrected chi connectivity index (χ2v) is 6.54. The van der Waals surface area contributed by atoms with Crippen molar-refractivity contribution in [1.82, 2.24) is 15.2 Å². The molecular formula is C20H21N3O4. The first kappa shape index (κ1) is 18.6. The van der Waals surface area contributed by atoms with Gasteiger partial charge >= 0.3 is 5.97 Å². The third kappa shape index (κ3) is 3.67. The number of ketones is 1. The monoisotopic (exact) mass is 367 g/mol. The van der Waals surface area contributed by atoms with Crippen LogP contribution in [0.4, 0.5) is 0 Å². The van der Waals surface area contributed by atoms with Gasteiger partial charge in [-0.3, -0.25) is 4.79 Å². The Balaban J connectivity index is 1.78. The molecule has 1 atom stereocenters. The predicted molar refractivity (Wildman–Crippen MR) is 98.6 cm³/mol. The Bertz CT molecular complexity index is 1020. The summed E-state index contributed by atoms with van der Waals surface area (Å²) < 4.78 is 11.1. The first-order valence-electron chi connectivity index (χ1n) is 8.59. The minimum Gasteiger partial charge on any atom is -0.448 e. The van der Waals surface area contributed by atoms with Gasteiger partial charge in [-0.05, 0) is 52.3 Å². The second-order valence-electron chi connectivity index (χ2n) is 6.54. The third-order valence-corrected chi connectivity index (χ3v) is 4.33. The molecule has 0 aliphatic carbocycles. The normalized spacial score (nSPS) is 12.0. The number of hydrogen-bond donors (Lipinski definition) is 1. The molecule has 0 bridgehead atoms. The van der Waals surface area contributed by atoms with Crippen molar-refractivity contribution in [2.75, 3.05) is 0 Å². The minimum atomic E-state index is -0.729. The van der Waals surface area contributed by atoms with Crippen LogP contribution >= 0.6 is 0 Å². The smallest absolute Gasteiger partial charge is 0.355 e. The number of Topliss-reactive ketones (excluding diaryl/α,β-unsaturated/α-hetero) is 1. The summed E-state index contributed by atoms with van der Waals surface area (Å²) in [6.45, 7) is 8.55. The largest absolute Gasteiger partial charge is 0.448 e. The molecule has 0 spiro atoms. The topological polar surface area (TPSA) is 98.1 Å². The maximum atomic E-state index is 12.5. The van der Waals surface area contributed by atoms with Crippen molar-refractivity contribution in [3.8, 4) is 11.5 Å². The van der Waals surface area contributed by atoms with Gasteiger partial charge in [0.25, 0.3) is 5.89 Å². The van der Waals surface area contributed by atoms with Gasteiger partial charge in [0.2, 0.25) is 5.89 Å². The van der Waals surface area contributed by atoms with Crippen molar-refractivity contribution < 1.29 is 18.7 Å². The van der Waals surface area contributed by atoms with E-state index < -0.39 is 12.1 Å². The number of carbonyl (C=O) groups excluding carboxylic acids is 2. The van der Waals surface area contributed by atoms with Gasteiger partial charge in [-0.25, -0.2) is 4.79 Å². The van der Waals surface area contributed by atoms with Crippen molar-refractivity contribution in [1.29, 1.82) is 0 Å². The van der Waals surface area contributed by atoms with Crippen LogP contribution in [0.1, 0.15) is 63.5 Å². The van der Waals surface area contributed by atoms with Crippen LogP contribution in [0.2, 0.25) is 0 Å². The number of aromatic amines is 1. The van der Waals surface area contributed by atoms with Gasteiger partial charge in [-0.2, -0.15) is 0 Å². The van der Waals surface area contributed by atoms with Crippen molar-refractivity contribution >= 4 is 11.8 Å². The SMILES string of the molecule is CC(=O)c1c(C)[nH]c(C(=O)O[C@H](C)c2nnc(-c3cccc(C)c3)o2)c1C. The summed E-state index contributed by atoms with van der Waals surface area (Å²) in [5.74, 6) is -0.117. The zero-order chi connectivity index (χ0) is 19.7. The molecule has 1 N–H and O–H groups in total. The van der Waals surface area contributed by atoms with E-state index in [9.17, 15) is 9.59 Å². The number of aromatic nitrogens is 3. The summed E-state index contributed by atoms with van der Waals surface area (Å²) in [6.07, 6.45) is -0.729. The summed E-state index contributed by atoms with van der Waals surface area (Å²) in [7, 11) is 0. The molecule has 0 amide bonds. The molecule has 0 saturated carbocycles. The molecular weight excluding hydrogens is 346 g/mol. The van der Waals surface area contributed by atoms with Crippen LogP contribution in [0.5, 0.6) is 0 Å². The standard InChI is InChI=1S/C20H21N3O4/c1-10-7-6-8-15(9-10)19-23-22-18(27-19)14(5)26-20(25)17-11(2)16(13(4)24)12(3)21-17/h6-9,14,21H,1-5H3/t14-/m1/s1. The molecule has 0 aliphatic rings. The number of aryl methyl sites for hydroxylation is 2. The Morgan fingerprint density at radius 2 is 1.93 bits per heavy atom. The lowest BCUT2D eigenvalue weighted by Gasteiger charge is -2.09. The number of ether oxygens (including phenoxy) is 1. The van der Waals surface area contributed by atoms with E-state index in [1.54, 1.807) is 20.8 Å². The predicted octanol–water partition coefficient (Wildman–Crippen LogP) is 4.11. The van der Waals surface area contributed by atoms with Crippen LogP contribution in [0.3, 0.4) is 0 Å². The van der Waals surface area contributed by atoms with E-state index in [0.29, 0.717) is 22.7 Å². The molecule has 0 unspecified atom stereocenters. The molecule has 3 rings (SSSR count). The van der Waals surface area contributed by atoms with E-state index in [-0.39, 0.29) is 17.4 Å². The summed E-state index contributed by atoms with van der Waals surface area (Å²) >= 11 is 0. The first-order chi connectivity index (χ1) is 12.8. The van der Waals surface area contributed by atoms with Crippen molar-refractivity contribution in [2.45, 2.75) is 40.7 Å². The van der Waals surface area contributed by atoms with E-state index in [2.05, 4.69) is 15.2 Å². The number of benzene rings is 1. The van der Waals surface area contributed by atoms with E-state index >= 15 is 0 Å². The Labute approximate surface area is 156 Å².